The number of rotatable bonds is 3. The van der Waals surface area contributed by atoms with E-state index in [4.69, 9.17) is 16.3 Å². The molecule has 2 aliphatic carbocycles. The van der Waals surface area contributed by atoms with E-state index in [9.17, 15) is 9.90 Å². The van der Waals surface area contributed by atoms with E-state index in [1.807, 2.05) is 12.1 Å². The molecule has 2 N–H and O–H groups in total. The lowest BCUT2D eigenvalue weighted by Gasteiger charge is -2.44. The van der Waals surface area contributed by atoms with Crippen molar-refractivity contribution in [1.29, 1.82) is 0 Å². The largest absolute Gasteiger partial charge is 0.493 e. The summed E-state index contributed by atoms with van der Waals surface area (Å²) < 4.78 is 6.88. The number of carboxylic acids is 1. The van der Waals surface area contributed by atoms with Crippen molar-refractivity contribution >= 4 is 45.3 Å². The number of hydrogen-bond donors (Lipinski definition) is 2. The summed E-state index contributed by atoms with van der Waals surface area (Å²) in [5.74, 6) is 0.170. The number of anilines is 1. The number of hydrogen-bond acceptors (Lipinski definition) is 3. The first-order chi connectivity index (χ1) is 13.9. The van der Waals surface area contributed by atoms with Gasteiger partial charge >= 0.3 is 5.97 Å². The van der Waals surface area contributed by atoms with E-state index in [0.717, 1.165) is 41.8 Å². The molecule has 1 fully saturated rings. The number of nitrogens with one attached hydrogen (secondary N) is 1. The van der Waals surface area contributed by atoms with Crippen molar-refractivity contribution in [3.8, 4) is 5.75 Å². The van der Waals surface area contributed by atoms with Gasteiger partial charge in [-0.15, -0.1) is 0 Å². The molecule has 2 aromatic carbocycles. The van der Waals surface area contributed by atoms with Gasteiger partial charge in [0.1, 0.15) is 11.3 Å². The highest BCUT2D eigenvalue weighted by atomic mass is 79.9. The van der Waals surface area contributed by atoms with Crippen LogP contribution in [0.15, 0.2) is 40.9 Å². The maximum atomic E-state index is 12.3. The van der Waals surface area contributed by atoms with E-state index in [-0.39, 0.29) is 5.41 Å². The molecule has 29 heavy (non-hydrogen) atoms. The normalized spacial score (nSPS) is 27.2. The number of allylic oxidation sites excluding steroid dienone is 1. The van der Waals surface area contributed by atoms with Crippen molar-refractivity contribution in [2.24, 2.45) is 0 Å². The van der Waals surface area contributed by atoms with Crippen LogP contribution in [-0.2, 0) is 16.6 Å². The second kappa shape index (κ2) is 6.78. The Balaban J connectivity index is 1.46. The molecule has 0 radical (unpaired) electrons. The number of carbonyl (C=O) groups is 1. The Bertz CT molecular complexity index is 1040. The Morgan fingerprint density at radius 2 is 1.97 bits per heavy atom. The van der Waals surface area contributed by atoms with Gasteiger partial charge in [-0.2, -0.15) is 0 Å². The smallest absolute Gasteiger partial charge is 0.329 e. The van der Waals surface area contributed by atoms with E-state index in [1.54, 1.807) is 12.1 Å². The van der Waals surface area contributed by atoms with Crippen molar-refractivity contribution < 1.29 is 14.6 Å². The van der Waals surface area contributed by atoms with Crippen LogP contribution in [0.1, 0.15) is 42.4 Å². The lowest BCUT2D eigenvalue weighted by atomic mass is 9.65. The van der Waals surface area contributed by atoms with Gasteiger partial charge in [0.15, 0.2) is 0 Å². The summed E-state index contributed by atoms with van der Waals surface area (Å²) in [5.41, 5.74) is 3.34. The molecule has 0 unspecified atom stereocenters. The van der Waals surface area contributed by atoms with Gasteiger partial charge in [0, 0.05) is 27.0 Å². The topological polar surface area (TPSA) is 58.6 Å². The Kier molecular flexibility index (Phi) is 4.44. The van der Waals surface area contributed by atoms with Gasteiger partial charge in [0.05, 0.1) is 6.61 Å². The fraction of sp³-hybridized carbons (Fsp3) is 0.348. The van der Waals surface area contributed by atoms with E-state index < -0.39 is 11.5 Å². The molecule has 150 valence electrons. The number of halogens is 2. The minimum Gasteiger partial charge on any atom is -0.493 e. The molecule has 4 nitrogen and oxygen atoms in total. The fourth-order valence-corrected chi connectivity index (χ4v) is 6.07. The third-order valence-electron chi connectivity index (χ3n) is 6.69. The average Bonchev–Trinajstić information content (AvgIpc) is 3.24. The molecule has 2 aromatic rings. The molecular formula is C23H21BrClNO3. The van der Waals surface area contributed by atoms with Crippen LogP contribution < -0.4 is 10.1 Å². The van der Waals surface area contributed by atoms with Gasteiger partial charge in [0.25, 0.3) is 0 Å². The lowest BCUT2D eigenvalue weighted by molar-refractivity contribution is -0.143. The second-order valence-corrected chi connectivity index (χ2v) is 9.53. The lowest BCUT2D eigenvalue weighted by Crippen LogP contribution is -2.52. The van der Waals surface area contributed by atoms with Gasteiger partial charge in [-0.25, -0.2) is 4.79 Å². The SMILES string of the molecule is O=C(O)C1(Nc2cccc(Cl)c2)CCC2(CC1)C(Br)=Cc1cc3c(cc12)CCO3. The predicted molar refractivity (Wildman–Crippen MR) is 118 cm³/mol. The van der Waals surface area contributed by atoms with Crippen LogP contribution in [0.25, 0.3) is 6.08 Å². The van der Waals surface area contributed by atoms with Crippen LogP contribution in [0.2, 0.25) is 5.02 Å². The second-order valence-electron chi connectivity index (χ2n) is 8.24. The Labute approximate surface area is 183 Å². The fourth-order valence-electron chi connectivity index (χ4n) is 5.02. The summed E-state index contributed by atoms with van der Waals surface area (Å²) in [4.78, 5) is 12.3. The summed E-state index contributed by atoms with van der Waals surface area (Å²) >= 11 is 9.91. The molecule has 1 saturated carbocycles. The number of aliphatic carboxylic acids is 1. The van der Waals surface area contributed by atoms with Crippen molar-refractivity contribution in [2.45, 2.75) is 43.1 Å². The van der Waals surface area contributed by atoms with Gasteiger partial charge in [-0.1, -0.05) is 39.7 Å². The zero-order chi connectivity index (χ0) is 20.2. The van der Waals surface area contributed by atoms with Crippen LogP contribution in [-0.4, -0.2) is 23.2 Å². The molecule has 5 rings (SSSR count). The summed E-state index contributed by atoms with van der Waals surface area (Å²) in [7, 11) is 0. The first-order valence-electron chi connectivity index (χ1n) is 9.87. The van der Waals surface area contributed by atoms with E-state index in [1.165, 1.54) is 16.7 Å². The molecule has 0 amide bonds. The van der Waals surface area contributed by atoms with Gasteiger partial charge in [-0.3, -0.25) is 0 Å². The number of carboxylic acid groups (broad SMARTS) is 1. The van der Waals surface area contributed by atoms with Gasteiger partial charge in [-0.05, 0) is 72.7 Å². The van der Waals surface area contributed by atoms with Crippen LogP contribution >= 0.6 is 27.5 Å². The van der Waals surface area contributed by atoms with E-state index >= 15 is 0 Å². The van der Waals surface area contributed by atoms with Crippen molar-refractivity contribution in [3.63, 3.8) is 0 Å². The monoisotopic (exact) mass is 473 g/mol. The maximum absolute atomic E-state index is 12.3. The van der Waals surface area contributed by atoms with Crippen LogP contribution in [0.5, 0.6) is 5.75 Å². The van der Waals surface area contributed by atoms with Crippen molar-refractivity contribution in [1.82, 2.24) is 0 Å². The Hall–Kier alpha value is -1.98. The molecular weight excluding hydrogens is 454 g/mol. The van der Waals surface area contributed by atoms with E-state index in [2.05, 4.69) is 39.5 Å². The van der Waals surface area contributed by atoms with Crippen molar-refractivity contribution in [2.75, 3.05) is 11.9 Å². The number of ether oxygens (including phenoxy) is 1. The highest BCUT2D eigenvalue weighted by Gasteiger charge is 2.51. The summed E-state index contributed by atoms with van der Waals surface area (Å²) in [6.07, 6.45) is 5.70. The minimum atomic E-state index is -0.994. The number of benzene rings is 2. The summed E-state index contributed by atoms with van der Waals surface area (Å²) in [6, 6.07) is 11.7. The van der Waals surface area contributed by atoms with E-state index in [0.29, 0.717) is 17.9 Å². The maximum Gasteiger partial charge on any atom is 0.329 e. The highest BCUT2D eigenvalue weighted by Crippen LogP contribution is 2.56. The molecule has 3 aliphatic rings. The first kappa shape index (κ1) is 19.0. The van der Waals surface area contributed by atoms with Gasteiger partial charge < -0.3 is 15.2 Å². The van der Waals surface area contributed by atoms with Crippen LogP contribution in [0.3, 0.4) is 0 Å². The molecule has 6 heteroatoms. The number of fused-ring (bicyclic) bond motifs is 3. The Morgan fingerprint density at radius 1 is 1.17 bits per heavy atom. The molecule has 1 aliphatic heterocycles. The summed E-state index contributed by atoms with van der Waals surface area (Å²) in [5, 5.41) is 14.0. The predicted octanol–water partition coefficient (Wildman–Crippen LogP) is 5.77. The van der Waals surface area contributed by atoms with Crippen molar-refractivity contribution in [3.05, 3.63) is 62.6 Å². The van der Waals surface area contributed by atoms with Crippen LogP contribution in [0.4, 0.5) is 5.69 Å². The zero-order valence-electron chi connectivity index (χ0n) is 15.8. The van der Waals surface area contributed by atoms with Crippen LogP contribution in [0, 0.1) is 0 Å². The standard InChI is InChI=1S/C23H21BrClNO3/c24-20-12-15-11-19-14(4-9-29-19)10-18(15)22(20)5-7-23(8-6-22,21(27)28)26-17-3-1-2-16(25)13-17/h1-3,10-13,26H,4-9H2,(H,27,28). The van der Waals surface area contributed by atoms with Gasteiger partial charge in [0.2, 0.25) is 0 Å². The minimum absolute atomic E-state index is 0.151. The Morgan fingerprint density at radius 3 is 2.69 bits per heavy atom. The molecule has 1 heterocycles. The molecule has 0 bridgehead atoms. The quantitative estimate of drug-likeness (QED) is 0.593. The molecule has 0 saturated heterocycles. The first-order valence-corrected chi connectivity index (χ1v) is 11.0. The average molecular weight is 475 g/mol. The summed E-state index contributed by atoms with van der Waals surface area (Å²) in [6.45, 7) is 0.738. The molecule has 0 aromatic heterocycles. The third-order valence-corrected chi connectivity index (χ3v) is 7.91. The molecule has 0 atom stereocenters. The third kappa shape index (κ3) is 2.98. The zero-order valence-corrected chi connectivity index (χ0v) is 18.1. The highest BCUT2D eigenvalue weighted by molar-refractivity contribution is 9.11. The molecule has 1 spiro atoms.